The number of nitrogens with zero attached hydrogens (tertiary/aromatic N) is 1. The Hall–Kier alpha value is -2.28. The van der Waals surface area contributed by atoms with Crippen molar-refractivity contribution in [2.45, 2.75) is 13.2 Å². The molecule has 0 aliphatic rings. The van der Waals surface area contributed by atoms with Gasteiger partial charge in [0.15, 0.2) is 11.6 Å². The van der Waals surface area contributed by atoms with Gasteiger partial charge in [0.05, 0.1) is 13.7 Å². The number of aliphatic hydroxyl groups is 1. The number of aromatic nitrogens is 1. The standard InChI is InChI=1S/C14H12F3NO3/c1-20-13-10(7-19)4-9(6-18-13)8-2-3-11(15)12(5-8)21-14(16)17/h2-6,14,19H,7H2,1H3. The third-order valence-corrected chi connectivity index (χ3v) is 2.77. The van der Waals surface area contributed by atoms with Gasteiger partial charge in [0.25, 0.3) is 0 Å². The molecule has 0 saturated heterocycles. The second kappa shape index (κ2) is 6.45. The van der Waals surface area contributed by atoms with Crippen LogP contribution in [-0.4, -0.2) is 23.8 Å². The molecule has 7 heteroatoms. The van der Waals surface area contributed by atoms with Crippen molar-refractivity contribution in [2.75, 3.05) is 7.11 Å². The summed E-state index contributed by atoms with van der Waals surface area (Å²) in [7, 11) is 1.41. The van der Waals surface area contributed by atoms with E-state index in [2.05, 4.69) is 9.72 Å². The van der Waals surface area contributed by atoms with Crippen LogP contribution >= 0.6 is 0 Å². The number of aliphatic hydroxyl groups excluding tert-OH is 1. The van der Waals surface area contributed by atoms with Gasteiger partial charge in [0.1, 0.15) is 0 Å². The van der Waals surface area contributed by atoms with Crippen molar-refractivity contribution in [1.29, 1.82) is 0 Å². The summed E-state index contributed by atoms with van der Waals surface area (Å²) >= 11 is 0. The van der Waals surface area contributed by atoms with E-state index in [1.807, 2.05) is 0 Å². The van der Waals surface area contributed by atoms with E-state index in [0.29, 0.717) is 16.7 Å². The Morgan fingerprint density at radius 3 is 2.62 bits per heavy atom. The van der Waals surface area contributed by atoms with E-state index >= 15 is 0 Å². The van der Waals surface area contributed by atoms with Crippen molar-refractivity contribution in [3.63, 3.8) is 0 Å². The van der Waals surface area contributed by atoms with Gasteiger partial charge in [0.2, 0.25) is 5.88 Å². The number of rotatable bonds is 5. The lowest BCUT2D eigenvalue weighted by Gasteiger charge is -2.10. The van der Waals surface area contributed by atoms with E-state index in [1.165, 1.54) is 19.4 Å². The summed E-state index contributed by atoms with van der Waals surface area (Å²) in [6, 6.07) is 5.14. The molecular weight excluding hydrogens is 287 g/mol. The van der Waals surface area contributed by atoms with Crippen LogP contribution in [0.15, 0.2) is 30.5 Å². The van der Waals surface area contributed by atoms with Gasteiger partial charge >= 0.3 is 6.61 Å². The molecule has 1 aromatic carbocycles. The molecule has 4 nitrogen and oxygen atoms in total. The van der Waals surface area contributed by atoms with E-state index in [-0.39, 0.29) is 12.5 Å². The molecule has 0 bridgehead atoms. The summed E-state index contributed by atoms with van der Waals surface area (Å²) in [5.74, 6) is -1.18. The predicted molar refractivity (Wildman–Crippen MR) is 68.7 cm³/mol. The van der Waals surface area contributed by atoms with Gasteiger partial charge in [-0.3, -0.25) is 0 Å². The van der Waals surface area contributed by atoms with Gasteiger partial charge in [-0.05, 0) is 23.8 Å². The Bertz CT molecular complexity index is 635. The van der Waals surface area contributed by atoms with Gasteiger partial charge < -0.3 is 14.6 Å². The number of ether oxygens (including phenoxy) is 2. The molecule has 1 N–H and O–H groups in total. The maximum Gasteiger partial charge on any atom is 0.387 e. The second-order valence-electron chi connectivity index (χ2n) is 4.07. The van der Waals surface area contributed by atoms with Gasteiger partial charge in [-0.25, -0.2) is 9.37 Å². The number of benzene rings is 1. The number of alkyl halides is 2. The Labute approximate surface area is 118 Å². The van der Waals surface area contributed by atoms with Crippen LogP contribution in [0.1, 0.15) is 5.56 Å². The van der Waals surface area contributed by atoms with E-state index in [0.717, 1.165) is 12.1 Å². The highest BCUT2D eigenvalue weighted by molar-refractivity contribution is 5.65. The van der Waals surface area contributed by atoms with Crippen LogP contribution in [0.2, 0.25) is 0 Å². The lowest BCUT2D eigenvalue weighted by Crippen LogP contribution is -2.03. The van der Waals surface area contributed by atoms with Crippen molar-refractivity contribution >= 4 is 0 Å². The molecule has 21 heavy (non-hydrogen) atoms. The number of hydrogen-bond acceptors (Lipinski definition) is 4. The van der Waals surface area contributed by atoms with Crippen LogP contribution in [0.5, 0.6) is 11.6 Å². The Morgan fingerprint density at radius 2 is 2.00 bits per heavy atom. The van der Waals surface area contributed by atoms with E-state index in [1.54, 1.807) is 6.07 Å². The SMILES string of the molecule is COc1ncc(-c2ccc(F)c(OC(F)F)c2)cc1CO. The smallest absolute Gasteiger partial charge is 0.387 e. The summed E-state index contributed by atoms with van der Waals surface area (Å²) in [4.78, 5) is 3.99. The molecule has 0 atom stereocenters. The van der Waals surface area contributed by atoms with Crippen LogP contribution in [0.4, 0.5) is 13.2 Å². The summed E-state index contributed by atoms with van der Waals surface area (Å²) in [5, 5.41) is 9.23. The molecule has 1 aromatic heterocycles. The van der Waals surface area contributed by atoms with Crippen LogP contribution in [0, 0.1) is 5.82 Å². The summed E-state index contributed by atoms with van der Waals surface area (Å²) in [5.41, 5.74) is 1.37. The minimum absolute atomic E-state index is 0.257. The first-order chi connectivity index (χ1) is 10.0. The zero-order chi connectivity index (χ0) is 15.4. The van der Waals surface area contributed by atoms with Crippen LogP contribution in [0.3, 0.4) is 0 Å². The molecule has 0 aliphatic heterocycles. The molecule has 0 unspecified atom stereocenters. The second-order valence-corrected chi connectivity index (χ2v) is 4.07. The first-order valence-corrected chi connectivity index (χ1v) is 5.93. The molecule has 0 saturated carbocycles. The average Bonchev–Trinajstić information content (AvgIpc) is 2.48. The molecule has 0 amide bonds. The normalized spacial score (nSPS) is 10.8. The third-order valence-electron chi connectivity index (χ3n) is 2.77. The van der Waals surface area contributed by atoms with Crippen molar-refractivity contribution in [3.05, 3.63) is 41.8 Å². The molecule has 0 radical (unpaired) electrons. The number of hydrogen-bond donors (Lipinski definition) is 1. The maximum absolute atomic E-state index is 13.4. The molecule has 0 spiro atoms. The molecule has 112 valence electrons. The van der Waals surface area contributed by atoms with E-state index < -0.39 is 18.2 Å². The number of halogens is 3. The first kappa shape index (κ1) is 15.1. The average molecular weight is 299 g/mol. The monoisotopic (exact) mass is 299 g/mol. The fourth-order valence-electron chi connectivity index (χ4n) is 1.82. The first-order valence-electron chi connectivity index (χ1n) is 5.93. The van der Waals surface area contributed by atoms with Gasteiger partial charge in [0, 0.05) is 17.3 Å². The summed E-state index contributed by atoms with van der Waals surface area (Å²) in [6.07, 6.45) is 1.43. The molecule has 1 heterocycles. The largest absolute Gasteiger partial charge is 0.481 e. The summed E-state index contributed by atoms with van der Waals surface area (Å²) < 4.78 is 46.9. The lowest BCUT2D eigenvalue weighted by atomic mass is 10.1. The highest BCUT2D eigenvalue weighted by Gasteiger charge is 2.13. The zero-order valence-electron chi connectivity index (χ0n) is 11.0. The number of pyridine rings is 1. The zero-order valence-corrected chi connectivity index (χ0v) is 11.0. The third kappa shape index (κ3) is 3.43. The maximum atomic E-state index is 13.4. The minimum atomic E-state index is -3.11. The van der Waals surface area contributed by atoms with Crippen molar-refractivity contribution in [1.82, 2.24) is 4.98 Å². The van der Waals surface area contributed by atoms with Crippen LogP contribution < -0.4 is 9.47 Å². The van der Waals surface area contributed by atoms with Crippen molar-refractivity contribution < 1.29 is 27.8 Å². The highest BCUT2D eigenvalue weighted by Crippen LogP contribution is 2.29. The quantitative estimate of drug-likeness (QED) is 0.922. The predicted octanol–water partition coefficient (Wildman–Crippen LogP) is 2.99. The van der Waals surface area contributed by atoms with E-state index in [9.17, 15) is 18.3 Å². The van der Waals surface area contributed by atoms with Gasteiger partial charge in [-0.2, -0.15) is 8.78 Å². The van der Waals surface area contributed by atoms with E-state index in [4.69, 9.17) is 4.74 Å². The van der Waals surface area contributed by atoms with Crippen molar-refractivity contribution in [2.24, 2.45) is 0 Å². The molecule has 2 rings (SSSR count). The van der Waals surface area contributed by atoms with Crippen LogP contribution in [0.25, 0.3) is 11.1 Å². The van der Waals surface area contributed by atoms with Gasteiger partial charge in [-0.1, -0.05) is 6.07 Å². The Balaban J connectivity index is 2.42. The Morgan fingerprint density at radius 1 is 1.24 bits per heavy atom. The molecular formula is C14H12F3NO3. The molecule has 0 fully saturated rings. The lowest BCUT2D eigenvalue weighted by molar-refractivity contribution is -0.0521. The fourth-order valence-corrected chi connectivity index (χ4v) is 1.82. The fraction of sp³-hybridized carbons (Fsp3) is 0.214. The van der Waals surface area contributed by atoms with Gasteiger partial charge in [-0.15, -0.1) is 0 Å². The van der Waals surface area contributed by atoms with Crippen molar-refractivity contribution in [3.8, 4) is 22.8 Å². The summed E-state index contributed by atoms with van der Waals surface area (Å²) in [6.45, 7) is -3.41. The molecule has 0 aliphatic carbocycles. The Kier molecular flexibility index (Phi) is 4.64. The highest BCUT2D eigenvalue weighted by atomic mass is 19.3. The van der Waals surface area contributed by atoms with Crippen LogP contribution in [-0.2, 0) is 6.61 Å². The topological polar surface area (TPSA) is 51.6 Å². The minimum Gasteiger partial charge on any atom is -0.481 e. The number of methoxy groups -OCH3 is 1. The molecule has 2 aromatic rings.